The van der Waals surface area contributed by atoms with Gasteiger partial charge in [0.25, 0.3) is 5.56 Å². The predicted octanol–water partition coefficient (Wildman–Crippen LogP) is 7.08. The third-order valence-corrected chi connectivity index (χ3v) is 8.97. The smallest absolute Gasteiger partial charge is 0.378 e. The van der Waals surface area contributed by atoms with Crippen LogP contribution in [0.4, 0.5) is 10.1 Å². The molecule has 1 saturated heterocycles. The molecule has 0 radical (unpaired) electrons. The summed E-state index contributed by atoms with van der Waals surface area (Å²) in [6.07, 6.45) is 5.33. The number of hydrogen-bond acceptors (Lipinski definition) is 8. The second kappa shape index (κ2) is 14.7. The Kier molecular flexibility index (Phi) is 10.9. The van der Waals surface area contributed by atoms with E-state index in [4.69, 9.17) is 23.3 Å². The number of halogens is 2. The molecule has 242 valence electrons. The minimum absolute atomic E-state index is 0.133. The summed E-state index contributed by atoms with van der Waals surface area (Å²) in [4.78, 5) is 20.2. The van der Waals surface area contributed by atoms with E-state index in [0.717, 1.165) is 29.7 Å². The molecule has 1 aromatic carbocycles. The minimum Gasteiger partial charge on any atom is -0.378 e. The molecule has 5 rings (SSSR count). The summed E-state index contributed by atoms with van der Waals surface area (Å²) in [6.45, 7) is 11.1. The standard InChI is InChI=1S/C32H39BrFN4O6P/c1-22(2)19-42-45(40,43-20-23(3)4)44-21-38-18-30(29-15-28(16-35-32(29)38)36-7-9-41-10-8-36)25-5-6-37(31(39)13-25)17-24-11-26(33)14-27(34)12-24/h5-6,11-16,18,22-23H,7-10,17,19-21H2,1-4H3. The van der Waals surface area contributed by atoms with Gasteiger partial charge < -0.3 is 18.8 Å². The van der Waals surface area contributed by atoms with Crippen LogP contribution in [0.15, 0.2) is 64.3 Å². The molecule has 4 heterocycles. The summed E-state index contributed by atoms with van der Waals surface area (Å²) in [5.74, 6) is -0.113. The van der Waals surface area contributed by atoms with Crippen molar-refractivity contribution in [3.63, 3.8) is 0 Å². The number of nitrogens with zero attached hydrogens (tertiary/aromatic N) is 4. The lowest BCUT2D eigenvalue weighted by Gasteiger charge is -2.28. The second-order valence-corrected chi connectivity index (χ2v) is 14.5. The zero-order chi connectivity index (χ0) is 32.1. The van der Waals surface area contributed by atoms with Crippen LogP contribution in [0.5, 0.6) is 0 Å². The number of morpholine rings is 1. The van der Waals surface area contributed by atoms with Crippen molar-refractivity contribution >= 4 is 40.5 Å². The van der Waals surface area contributed by atoms with E-state index in [1.165, 1.54) is 16.7 Å². The lowest BCUT2D eigenvalue weighted by Crippen LogP contribution is -2.36. The molecule has 0 spiro atoms. The zero-order valence-corrected chi connectivity index (χ0v) is 28.4. The number of anilines is 1. The van der Waals surface area contributed by atoms with E-state index in [9.17, 15) is 13.8 Å². The molecule has 1 fully saturated rings. The Balaban J connectivity index is 1.49. The van der Waals surface area contributed by atoms with Crippen LogP contribution < -0.4 is 10.5 Å². The van der Waals surface area contributed by atoms with Crippen molar-refractivity contribution in [2.24, 2.45) is 11.8 Å². The Bertz CT molecular complexity index is 1700. The Morgan fingerprint density at radius 2 is 1.71 bits per heavy atom. The molecule has 3 aromatic heterocycles. The third kappa shape index (κ3) is 8.69. The van der Waals surface area contributed by atoms with Crippen LogP contribution >= 0.6 is 23.8 Å². The normalized spacial score (nSPS) is 14.3. The average molecular weight is 706 g/mol. The van der Waals surface area contributed by atoms with Gasteiger partial charge in [0.15, 0.2) is 0 Å². The van der Waals surface area contributed by atoms with Crippen LogP contribution in [-0.2, 0) is 36.1 Å². The average Bonchev–Trinajstić information content (AvgIpc) is 3.37. The van der Waals surface area contributed by atoms with Crippen molar-refractivity contribution in [3.8, 4) is 11.1 Å². The number of fused-ring (bicyclic) bond motifs is 1. The van der Waals surface area contributed by atoms with Gasteiger partial charge >= 0.3 is 7.82 Å². The predicted molar refractivity (Wildman–Crippen MR) is 176 cm³/mol. The number of benzene rings is 1. The van der Waals surface area contributed by atoms with Gasteiger partial charge in [-0.15, -0.1) is 0 Å². The highest BCUT2D eigenvalue weighted by Gasteiger charge is 2.29. The van der Waals surface area contributed by atoms with Gasteiger partial charge in [-0.05, 0) is 53.3 Å². The molecule has 0 N–H and O–H groups in total. The number of phosphoric ester groups is 1. The van der Waals surface area contributed by atoms with E-state index < -0.39 is 7.82 Å². The molecule has 45 heavy (non-hydrogen) atoms. The topological polar surface area (TPSA) is 97.0 Å². The maximum atomic E-state index is 13.9. The Morgan fingerprint density at radius 1 is 1.00 bits per heavy atom. The van der Waals surface area contributed by atoms with E-state index in [1.54, 1.807) is 29.1 Å². The van der Waals surface area contributed by atoms with Crippen LogP contribution in [0.2, 0.25) is 0 Å². The number of aromatic nitrogens is 3. The first kappa shape index (κ1) is 33.5. The molecular formula is C32H39BrFN4O6P. The van der Waals surface area contributed by atoms with Crippen molar-refractivity contribution in [2.75, 3.05) is 44.4 Å². The Hall–Kier alpha value is -2.86. The first-order chi connectivity index (χ1) is 21.5. The molecule has 13 heteroatoms. The molecule has 0 bridgehead atoms. The van der Waals surface area contributed by atoms with E-state index >= 15 is 0 Å². The van der Waals surface area contributed by atoms with Crippen molar-refractivity contribution < 1.29 is 27.3 Å². The zero-order valence-electron chi connectivity index (χ0n) is 25.9. The van der Waals surface area contributed by atoms with Gasteiger partial charge in [0, 0.05) is 47.0 Å². The fourth-order valence-corrected chi connectivity index (χ4v) is 6.88. The quantitative estimate of drug-likeness (QED) is 0.136. The van der Waals surface area contributed by atoms with Crippen LogP contribution in [0, 0.1) is 17.7 Å². The fraction of sp³-hybridized carbons (Fsp3) is 0.438. The first-order valence-corrected chi connectivity index (χ1v) is 17.3. The Labute approximate surface area is 270 Å². The van der Waals surface area contributed by atoms with Gasteiger partial charge in [0.05, 0.1) is 44.9 Å². The molecule has 1 aliphatic heterocycles. The molecule has 0 amide bonds. The summed E-state index contributed by atoms with van der Waals surface area (Å²) in [7, 11) is -3.87. The van der Waals surface area contributed by atoms with Crippen LogP contribution in [-0.4, -0.2) is 53.6 Å². The van der Waals surface area contributed by atoms with Gasteiger partial charge in [0.2, 0.25) is 0 Å². The summed E-state index contributed by atoms with van der Waals surface area (Å²) in [6, 6.07) is 10.0. The molecule has 0 atom stereocenters. The van der Waals surface area contributed by atoms with Gasteiger partial charge in [-0.1, -0.05) is 43.6 Å². The van der Waals surface area contributed by atoms with E-state index in [2.05, 4.69) is 20.8 Å². The minimum atomic E-state index is -3.87. The van der Waals surface area contributed by atoms with Crippen molar-refractivity contribution in [2.45, 2.75) is 41.0 Å². The maximum Gasteiger partial charge on any atom is 0.476 e. The molecule has 1 aliphatic rings. The van der Waals surface area contributed by atoms with Gasteiger partial charge in [0.1, 0.15) is 18.2 Å². The first-order valence-electron chi connectivity index (χ1n) is 15.0. The highest BCUT2D eigenvalue weighted by molar-refractivity contribution is 9.10. The van der Waals surface area contributed by atoms with Crippen molar-refractivity contribution in [1.29, 1.82) is 0 Å². The lowest BCUT2D eigenvalue weighted by atomic mass is 10.1. The van der Waals surface area contributed by atoms with Crippen LogP contribution in [0.25, 0.3) is 22.2 Å². The fourth-order valence-electron chi connectivity index (χ4n) is 4.91. The highest BCUT2D eigenvalue weighted by Crippen LogP contribution is 2.50. The highest BCUT2D eigenvalue weighted by atomic mass is 79.9. The van der Waals surface area contributed by atoms with Gasteiger partial charge in [-0.25, -0.2) is 13.9 Å². The number of phosphoric acid groups is 1. The van der Waals surface area contributed by atoms with Gasteiger partial charge in [-0.2, -0.15) is 0 Å². The number of ether oxygens (including phenoxy) is 1. The van der Waals surface area contributed by atoms with E-state index in [0.29, 0.717) is 34.5 Å². The Morgan fingerprint density at radius 3 is 2.36 bits per heavy atom. The lowest BCUT2D eigenvalue weighted by molar-refractivity contribution is 0.0768. The van der Waals surface area contributed by atoms with Crippen molar-refractivity contribution in [3.05, 3.63) is 81.2 Å². The summed E-state index contributed by atoms with van der Waals surface area (Å²) in [5.41, 5.74) is 3.38. The summed E-state index contributed by atoms with van der Waals surface area (Å²) < 4.78 is 54.1. The van der Waals surface area contributed by atoms with Gasteiger partial charge in [-0.3, -0.25) is 18.4 Å². The maximum absolute atomic E-state index is 13.9. The monoisotopic (exact) mass is 704 g/mol. The van der Waals surface area contributed by atoms with E-state index in [1.807, 2.05) is 46.0 Å². The third-order valence-electron chi connectivity index (χ3n) is 7.14. The number of rotatable bonds is 13. The summed E-state index contributed by atoms with van der Waals surface area (Å²) >= 11 is 3.31. The molecule has 0 aliphatic carbocycles. The van der Waals surface area contributed by atoms with Crippen LogP contribution in [0.3, 0.4) is 0 Å². The summed E-state index contributed by atoms with van der Waals surface area (Å²) in [5, 5.41) is 0.801. The van der Waals surface area contributed by atoms with E-state index in [-0.39, 0.29) is 49.7 Å². The second-order valence-electron chi connectivity index (χ2n) is 11.9. The number of pyridine rings is 2. The largest absolute Gasteiger partial charge is 0.476 e. The molecule has 0 unspecified atom stereocenters. The number of hydrogen-bond donors (Lipinski definition) is 0. The molecule has 4 aromatic rings. The van der Waals surface area contributed by atoms with Crippen LogP contribution in [0.1, 0.15) is 33.3 Å². The SMILES string of the molecule is CC(C)COP(=O)(OCC(C)C)OCn1cc(-c2ccn(Cc3cc(F)cc(Br)c3)c(=O)c2)c2cc(N3CCOCC3)cnc21. The molecular weight excluding hydrogens is 666 g/mol. The molecule has 10 nitrogen and oxygen atoms in total. The van der Waals surface area contributed by atoms with Crippen molar-refractivity contribution in [1.82, 2.24) is 14.1 Å². The molecule has 0 saturated carbocycles.